The van der Waals surface area contributed by atoms with Crippen molar-refractivity contribution < 1.29 is 27.5 Å². The van der Waals surface area contributed by atoms with Gasteiger partial charge in [-0.25, -0.2) is 13.2 Å². The Bertz CT molecular complexity index is 621. The van der Waals surface area contributed by atoms with E-state index >= 15 is 0 Å². The predicted octanol–water partition coefficient (Wildman–Crippen LogP) is -0.370. The number of amides is 1. The summed E-state index contributed by atoms with van der Waals surface area (Å²) in [7, 11) is -3.30. The number of furan rings is 1. The maximum Gasteiger partial charge on any atom is 0.371 e. The summed E-state index contributed by atoms with van der Waals surface area (Å²) in [6.07, 6.45) is 0.524. The number of hydrogen-bond acceptors (Lipinski definition) is 5. The number of nitrogens with one attached hydrogen (secondary N) is 1. The number of carbonyl (C=O) groups is 2. The molecule has 8 nitrogen and oxygen atoms in total. The average Bonchev–Trinajstić information content (AvgIpc) is 2.94. The largest absolute Gasteiger partial charge is 0.475 e. The number of carboxylic acids is 1. The minimum atomic E-state index is -3.30. The van der Waals surface area contributed by atoms with Crippen LogP contribution in [0.25, 0.3) is 0 Å². The highest BCUT2D eigenvalue weighted by molar-refractivity contribution is 7.89. The zero-order valence-corrected chi connectivity index (χ0v) is 11.4. The molecule has 2 heterocycles. The van der Waals surface area contributed by atoms with Crippen molar-refractivity contribution in [3.63, 3.8) is 0 Å². The second-order valence-electron chi connectivity index (χ2n) is 4.35. The van der Waals surface area contributed by atoms with Crippen molar-refractivity contribution in [2.24, 2.45) is 0 Å². The predicted molar refractivity (Wildman–Crippen MR) is 67.5 cm³/mol. The Morgan fingerprint density at radius 3 is 2.70 bits per heavy atom. The molecular formula is C11H14N2O6S. The van der Waals surface area contributed by atoms with Gasteiger partial charge in [-0.05, 0) is 18.6 Å². The number of carboxylic acid groups (broad SMARTS) is 1. The lowest BCUT2D eigenvalue weighted by atomic mass is 10.4. The van der Waals surface area contributed by atoms with Crippen LogP contribution in [0.4, 0.5) is 0 Å². The van der Waals surface area contributed by atoms with E-state index in [9.17, 15) is 18.0 Å². The monoisotopic (exact) mass is 302 g/mol. The highest BCUT2D eigenvalue weighted by atomic mass is 32.2. The van der Waals surface area contributed by atoms with Crippen molar-refractivity contribution in [2.75, 3.05) is 18.8 Å². The minimum absolute atomic E-state index is 0.0139. The molecule has 1 aromatic rings. The van der Waals surface area contributed by atoms with Crippen LogP contribution in [-0.4, -0.2) is 48.5 Å². The van der Waals surface area contributed by atoms with Crippen LogP contribution >= 0.6 is 0 Å². The molecule has 0 aliphatic carbocycles. The van der Waals surface area contributed by atoms with Gasteiger partial charge in [0.25, 0.3) is 0 Å². The highest BCUT2D eigenvalue weighted by Gasteiger charge is 2.29. The van der Waals surface area contributed by atoms with E-state index in [4.69, 9.17) is 9.52 Å². The lowest BCUT2D eigenvalue weighted by molar-refractivity contribution is -0.121. The third-order valence-electron chi connectivity index (χ3n) is 2.86. The van der Waals surface area contributed by atoms with Crippen LogP contribution in [0.2, 0.25) is 0 Å². The maximum absolute atomic E-state index is 11.6. The summed E-state index contributed by atoms with van der Waals surface area (Å²) in [5, 5.41) is 11.2. The Kier molecular flexibility index (Phi) is 4.09. The summed E-state index contributed by atoms with van der Waals surface area (Å²) >= 11 is 0. The van der Waals surface area contributed by atoms with Crippen LogP contribution in [-0.2, 0) is 21.4 Å². The van der Waals surface area contributed by atoms with E-state index in [0.717, 1.165) is 4.31 Å². The van der Waals surface area contributed by atoms with Crippen LogP contribution in [0, 0.1) is 0 Å². The molecule has 0 spiro atoms. The first kappa shape index (κ1) is 14.5. The normalized spacial score (nSPS) is 18.0. The number of carbonyl (C=O) groups excluding carboxylic acids is 1. The molecule has 0 aromatic carbocycles. The van der Waals surface area contributed by atoms with Crippen LogP contribution in [0.5, 0.6) is 0 Å². The van der Waals surface area contributed by atoms with E-state index in [2.05, 4.69) is 5.32 Å². The third kappa shape index (κ3) is 3.36. The molecule has 0 saturated carbocycles. The van der Waals surface area contributed by atoms with Crippen molar-refractivity contribution in [3.8, 4) is 0 Å². The van der Waals surface area contributed by atoms with E-state index in [1.807, 2.05) is 0 Å². The van der Waals surface area contributed by atoms with Gasteiger partial charge < -0.3 is 14.8 Å². The third-order valence-corrected chi connectivity index (χ3v) is 4.76. The molecule has 20 heavy (non-hydrogen) atoms. The molecule has 0 unspecified atom stereocenters. The maximum atomic E-state index is 11.6. The van der Waals surface area contributed by atoms with Crippen molar-refractivity contribution in [2.45, 2.75) is 13.0 Å². The van der Waals surface area contributed by atoms with Gasteiger partial charge in [0, 0.05) is 6.54 Å². The van der Waals surface area contributed by atoms with Gasteiger partial charge in [-0.3, -0.25) is 4.79 Å². The quantitative estimate of drug-likeness (QED) is 0.766. The molecule has 9 heteroatoms. The van der Waals surface area contributed by atoms with E-state index in [-0.39, 0.29) is 24.6 Å². The van der Waals surface area contributed by atoms with Gasteiger partial charge in [0.1, 0.15) is 5.76 Å². The first-order chi connectivity index (χ1) is 9.38. The van der Waals surface area contributed by atoms with Gasteiger partial charge in [0.2, 0.25) is 21.7 Å². The Morgan fingerprint density at radius 1 is 1.40 bits per heavy atom. The Hall–Kier alpha value is -1.87. The number of nitrogens with zero attached hydrogens (tertiary/aromatic N) is 1. The number of aromatic carboxylic acids is 1. The molecule has 1 amide bonds. The standard InChI is InChI=1S/C11H14N2O6S/c14-10(7-13-4-1-5-20(13,17)18)12-6-8-2-3-9(19-8)11(15)16/h2-3H,1,4-7H2,(H,12,14)(H,15,16). The summed E-state index contributed by atoms with van der Waals surface area (Å²) in [5.74, 6) is -1.49. The van der Waals surface area contributed by atoms with Crippen LogP contribution < -0.4 is 5.32 Å². The van der Waals surface area contributed by atoms with Gasteiger partial charge in [-0.15, -0.1) is 0 Å². The summed E-state index contributed by atoms with van der Waals surface area (Å²) in [6.45, 7) is 0.133. The molecule has 1 aliphatic heterocycles. The summed E-state index contributed by atoms with van der Waals surface area (Å²) < 4.78 is 29.1. The van der Waals surface area contributed by atoms with Crippen LogP contribution in [0.3, 0.4) is 0 Å². The van der Waals surface area contributed by atoms with Gasteiger partial charge in [0.15, 0.2) is 0 Å². The second-order valence-corrected chi connectivity index (χ2v) is 6.44. The fraction of sp³-hybridized carbons (Fsp3) is 0.455. The molecule has 1 saturated heterocycles. The van der Waals surface area contributed by atoms with Gasteiger partial charge >= 0.3 is 5.97 Å². The van der Waals surface area contributed by atoms with Crippen molar-refractivity contribution >= 4 is 21.9 Å². The highest BCUT2D eigenvalue weighted by Crippen LogP contribution is 2.12. The van der Waals surface area contributed by atoms with Crippen LogP contribution in [0.15, 0.2) is 16.5 Å². The molecule has 1 fully saturated rings. The van der Waals surface area contributed by atoms with E-state index in [1.54, 1.807) is 0 Å². The average molecular weight is 302 g/mol. The lowest BCUT2D eigenvalue weighted by Gasteiger charge is -2.13. The van der Waals surface area contributed by atoms with Crippen molar-refractivity contribution in [1.82, 2.24) is 9.62 Å². The molecule has 2 rings (SSSR count). The molecule has 110 valence electrons. The lowest BCUT2D eigenvalue weighted by Crippen LogP contribution is -2.37. The topological polar surface area (TPSA) is 117 Å². The van der Waals surface area contributed by atoms with Crippen LogP contribution in [0.1, 0.15) is 22.7 Å². The van der Waals surface area contributed by atoms with Gasteiger partial charge in [0.05, 0.1) is 18.8 Å². The zero-order valence-electron chi connectivity index (χ0n) is 10.5. The summed E-state index contributed by atoms with van der Waals surface area (Å²) in [4.78, 5) is 22.2. The molecular weight excluding hydrogens is 288 g/mol. The zero-order chi connectivity index (χ0) is 14.8. The van der Waals surface area contributed by atoms with Gasteiger partial charge in [-0.2, -0.15) is 4.31 Å². The minimum Gasteiger partial charge on any atom is -0.475 e. The number of hydrogen-bond donors (Lipinski definition) is 2. The second kappa shape index (κ2) is 5.63. The van der Waals surface area contributed by atoms with E-state index in [0.29, 0.717) is 18.7 Å². The Morgan fingerprint density at radius 2 is 2.15 bits per heavy atom. The molecule has 0 bridgehead atoms. The fourth-order valence-corrected chi connectivity index (χ4v) is 3.33. The first-order valence-corrected chi connectivity index (χ1v) is 7.56. The Balaban J connectivity index is 1.84. The molecule has 1 aliphatic rings. The summed E-state index contributed by atoms with van der Waals surface area (Å²) in [5.41, 5.74) is 0. The Labute approximate surface area is 115 Å². The summed E-state index contributed by atoms with van der Waals surface area (Å²) in [6, 6.07) is 2.73. The van der Waals surface area contributed by atoms with Crippen molar-refractivity contribution in [3.05, 3.63) is 23.7 Å². The molecule has 0 radical (unpaired) electrons. The van der Waals surface area contributed by atoms with Gasteiger partial charge in [-0.1, -0.05) is 0 Å². The van der Waals surface area contributed by atoms with E-state index in [1.165, 1.54) is 12.1 Å². The molecule has 0 atom stereocenters. The smallest absolute Gasteiger partial charge is 0.371 e. The van der Waals surface area contributed by atoms with E-state index < -0.39 is 21.9 Å². The molecule has 1 aromatic heterocycles. The molecule has 2 N–H and O–H groups in total. The first-order valence-electron chi connectivity index (χ1n) is 5.95. The number of rotatable bonds is 5. The SMILES string of the molecule is O=C(CN1CCCS1(=O)=O)NCc1ccc(C(=O)O)o1. The fourth-order valence-electron chi connectivity index (χ4n) is 1.86. The van der Waals surface area contributed by atoms with Crippen molar-refractivity contribution in [1.29, 1.82) is 0 Å². The number of sulfonamides is 1.